The summed E-state index contributed by atoms with van der Waals surface area (Å²) in [5, 5.41) is 0. The first-order chi connectivity index (χ1) is 5.25. The summed E-state index contributed by atoms with van der Waals surface area (Å²) in [7, 11) is 0. The Balaban J connectivity index is 2.90. The van der Waals surface area contributed by atoms with Gasteiger partial charge in [0.1, 0.15) is 0 Å². The van der Waals surface area contributed by atoms with Crippen molar-refractivity contribution in [1.82, 2.24) is 0 Å². The number of nitrogens with zero attached hydrogens (tertiary/aromatic N) is 1. The van der Waals surface area contributed by atoms with Crippen LogP contribution in [0.1, 0.15) is 33.1 Å². The first-order valence-electron chi connectivity index (χ1n) is 4.10. The lowest BCUT2D eigenvalue weighted by molar-refractivity contribution is 0.939. The second-order valence-corrected chi connectivity index (χ2v) is 3.09. The van der Waals surface area contributed by atoms with Crippen LogP contribution < -0.4 is 0 Å². The minimum atomic E-state index is 1.13. The smallest absolute Gasteiger partial charge is 0.0434 e. The van der Waals surface area contributed by atoms with Crippen molar-refractivity contribution >= 4 is 5.71 Å². The van der Waals surface area contributed by atoms with Crippen LogP contribution >= 0.6 is 0 Å². The molecule has 0 N–H and O–H groups in total. The molecule has 0 aliphatic heterocycles. The summed E-state index contributed by atoms with van der Waals surface area (Å²) in [6.07, 6.45) is 5.23. The summed E-state index contributed by atoms with van der Waals surface area (Å²) < 4.78 is 0. The fraction of sp³-hybridized carbons (Fsp3) is 0.500. The lowest BCUT2D eigenvalue weighted by atomic mass is 10.1. The highest BCUT2D eigenvalue weighted by atomic mass is 14.7. The molecule has 1 fully saturated rings. The summed E-state index contributed by atoms with van der Waals surface area (Å²) in [6.45, 7) is 7.91. The van der Waals surface area contributed by atoms with Gasteiger partial charge >= 0.3 is 0 Å². The normalized spacial score (nSPS) is 20.9. The molecule has 0 aromatic heterocycles. The molecule has 0 radical (unpaired) electrons. The van der Waals surface area contributed by atoms with E-state index in [-0.39, 0.29) is 0 Å². The van der Waals surface area contributed by atoms with Crippen molar-refractivity contribution in [3.05, 3.63) is 23.9 Å². The molecule has 1 heteroatoms. The minimum Gasteiger partial charge on any atom is -0.262 e. The third-order valence-electron chi connectivity index (χ3n) is 2.04. The van der Waals surface area contributed by atoms with Crippen LogP contribution in [0.15, 0.2) is 28.9 Å². The van der Waals surface area contributed by atoms with E-state index >= 15 is 0 Å². The van der Waals surface area contributed by atoms with Crippen molar-refractivity contribution in [2.75, 3.05) is 0 Å². The SMILES string of the molecule is C=CN=C1CCCC1=C(C)C. The van der Waals surface area contributed by atoms with Crippen molar-refractivity contribution < 1.29 is 0 Å². The Morgan fingerprint density at radius 3 is 2.73 bits per heavy atom. The fourth-order valence-electron chi connectivity index (χ4n) is 1.52. The molecule has 0 amide bonds. The number of hydrogen-bond donors (Lipinski definition) is 0. The molecule has 1 aliphatic rings. The van der Waals surface area contributed by atoms with Gasteiger partial charge in [-0.1, -0.05) is 12.2 Å². The second-order valence-electron chi connectivity index (χ2n) is 3.09. The van der Waals surface area contributed by atoms with Crippen LogP contribution in [0.4, 0.5) is 0 Å². The van der Waals surface area contributed by atoms with E-state index in [2.05, 4.69) is 25.4 Å². The summed E-state index contributed by atoms with van der Waals surface area (Å²) in [4.78, 5) is 4.25. The van der Waals surface area contributed by atoms with Crippen molar-refractivity contribution in [2.45, 2.75) is 33.1 Å². The van der Waals surface area contributed by atoms with Crippen molar-refractivity contribution in [3.63, 3.8) is 0 Å². The van der Waals surface area contributed by atoms with Gasteiger partial charge in [-0.2, -0.15) is 0 Å². The molecule has 0 saturated heterocycles. The number of hydrogen-bond acceptors (Lipinski definition) is 1. The Hall–Kier alpha value is -0.850. The zero-order valence-corrected chi connectivity index (χ0v) is 7.35. The van der Waals surface area contributed by atoms with Crippen molar-refractivity contribution in [3.8, 4) is 0 Å². The lowest BCUT2D eigenvalue weighted by Crippen LogP contribution is -1.94. The zero-order chi connectivity index (χ0) is 8.27. The Morgan fingerprint density at radius 2 is 2.18 bits per heavy atom. The molecule has 11 heavy (non-hydrogen) atoms. The molecule has 1 saturated carbocycles. The van der Waals surface area contributed by atoms with Gasteiger partial charge in [-0.3, -0.25) is 4.99 Å². The van der Waals surface area contributed by atoms with Crippen LogP contribution in [-0.4, -0.2) is 5.71 Å². The summed E-state index contributed by atoms with van der Waals surface area (Å²) in [5.74, 6) is 0. The van der Waals surface area contributed by atoms with E-state index in [0.717, 1.165) is 6.42 Å². The van der Waals surface area contributed by atoms with Crippen LogP contribution in [0.25, 0.3) is 0 Å². The third-order valence-corrected chi connectivity index (χ3v) is 2.04. The average molecular weight is 149 g/mol. The van der Waals surface area contributed by atoms with Gasteiger partial charge in [-0.05, 0) is 38.7 Å². The Bertz CT molecular complexity index is 217. The molecule has 1 nitrogen and oxygen atoms in total. The predicted octanol–water partition coefficient (Wildman–Crippen LogP) is 3.09. The number of allylic oxidation sites excluding steroid dienone is 2. The van der Waals surface area contributed by atoms with Gasteiger partial charge in [0.2, 0.25) is 0 Å². The van der Waals surface area contributed by atoms with Gasteiger partial charge in [0, 0.05) is 11.9 Å². The van der Waals surface area contributed by atoms with Crippen LogP contribution in [0.5, 0.6) is 0 Å². The topological polar surface area (TPSA) is 12.4 Å². The first-order valence-corrected chi connectivity index (χ1v) is 4.10. The van der Waals surface area contributed by atoms with E-state index in [4.69, 9.17) is 0 Å². The van der Waals surface area contributed by atoms with E-state index in [1.807, 2.05) is 0 Å². The van der Waals surface area contributed by atoms with Gasteiger partial charge in [0.25, 0.3) is 0 Å². The molecule has 0 aromatic carbocycles. The molecule has 0 bridgehead atoms. The van der Waals surface area contributed by atoms with E-state index in [9.17, 15) is 0 Å². The fourth-order valence-corrected chi connectivity index (χ4v) is 1.52. The second kappa shape index (κ2) is 3.51. The van der Waals surface area contributed by atoms with Gasteiger partial charge in [-0.25, -0.2) is 0 Å². The zero-order valence-electron chi connectivity index (χ0n) is 7.35. The number of aliphatic imine (C=N–C) groups is 1. The average Bonchev–Trinajstić information content (AvgIpc) is 2.36. The highest BCUT2D eigenvalue weighted by Crippen LogP contribution is 2.24. The van der Waals surface area contributed by atoms with Crippen LogP contribution in [0, 0.1) is 0 Å². The molecule has 0 unspecified atom stereocenters. The predicted molar refractivity (Wildman–Crippen MR) is 49.9 cm³/mol. The van der Waals surface area contributed by atoms with E-state index in [1.54, 1.807) is 6.20 Å². The van der Waals surface area contributed by atoms with Gasteiger partial charge in [0.15, 0.2) is 0 Å². The monoisotopic (exact) mass is 149 g/mol. The first kappa shape index (κ1) is 8.25. The number of rotatable bonds is 1. The summed E-state index contributed by atoms with van der Waals surface area (Å²) >= 11 is 0. The molecular weight excluding hydrogens is 134 g/mol. The molecule has 0 heterocycles. The summed E-state index contributed by atoms with van der Waals surface area (Å²) in [5.41, 5.74) is 4.10. The highest BCUT2D eigenvalue weighted by Gasteiger charge is 2.14. The molecule has 0 aromatic rings. The van der Waals surface area contributed by atoms with E-state index in [1.165, 1.54) is 29.7 Å². The summed E-state index contributed by atoms with van der Waals surface area (Å²) in [6, 6.07) is 0. The van der Waals surface area contributed by atoms with Crippen LogP contribution in [0.2, 0.25) is 0 Å². The van der Waals surface area contributed by atoms with Crippen LogP contribution in [-0.2, 0) is 0 Å². The van der Waals surface area contributed by atoms with Gasteiger partial charge < -0.3 is 0 Å². The molecule has 1 rings (SSSR count). The lowest BCUT2D eigenvalue weighted by Gasteiger charge is -2.00. The molecular formula is C10H15N. The Morgan fingerprint density at radius 1 is 1.45 bits per heavy atom. The van der Waals surface area contributed by atoms with E-state index in [0.29, 0.717) is 0 Å². The van der Waals surface area contributed by atoms with Crippen molar-refractivity contribution in [1.29, 1.82) is 0 Å². The molecule has 1 aliphatic carbocycles. The van der Waals surface area contributed by atoms with Crippen molar-refractivity contribution in [2.24, 2.45) is 4.99 Å². The third kappa shape index (κ3) is 1.79. The molecule has 0 spiro atoms. The Labute approximate surface area is 68.5 Å². The maximum absolute atomic E-state index is 4.25. The quantitative estimate of drug-likeness (QED) is 0.543. The maximum atomic E-state index is 4.25. The maximum Gasteiger partial charge on any atom is 0.0434 e. The standard InChI is InChI=1S/C10H15N/c1-4-11-10-7-5-6-9(10)8(2)3/h4H,1,5-7H2,2-3H3. The molecule has 0 atom stereocenters. The van der Waals surface area contributed by atoms with Crippen LogP contribution in [0.3, 0.4) is 0 Å². The van der Waals surface area contributed by atoms with Gasteiger partial charge in [0.05, 0.1) is 0 Å². The van der Waals surface area contributed by atoms with Gasteiger partial charge in [-0.15, -0.1) is 0 Å². The molecule has 60 valence electrons. The highest BCUT2D eigenvalue weighted by molar-refractivity contribution is 6.02. The van der Waals surface area contributed by atoms with E-state index < -0.39 is 0 Å². The largest absolute Gasteiger partial charge is 0.262 e. The Kier molecular flexibility index (Phi) is 2.64. The minimum absolute atomic E-state index is 1.13.